The zero-order valence-electron chi connectivity index (χ0n) is 24.6. The Kier molecular flexibility index (Phi) is 8.92. The number of esters is 1. The van der Waals surface area contributed by atoms with Gasteiger partial charge in [0, 0.05) is 45.1 Å². The van der Waals surface area contributed by atoms with Crippen LogP contribution in [0.5, 0.6) is 11.5 Å². The van der Waals surface area contributed by atoms with Crippen molar-refractivity contribution < 1.29 is 47.0 Å². The van der Waals surface area contributed by atoms with Crippen molar-refractivity contribution in [3.05, 3.63) is 53.6 Å². The molecule has 1 amide bonds. The highest BCUT2D eigenvalue weighted by molar-refractivity contribution is 7.48. The zero-order chi connectivity index (χ0) is 31.0. The lowest BCUT2D eigenvalue weighted by Gasteiger charge is -2.38. The summed E-state index contributed by atoms with van der Waals surface area (Å²) < 4.78 is 52.5. The molecule has 2 aromatic rings. The molecule has 0 radical (unpaired) electrons. The third-order valence-corrected chi connectivity index (χ3v) is 9.26. The normalized spacial score (nSPS) is 24.5. The summed E-state index contributed by atoms with van der Waals surface area (Å²) in [6.45, 7) is 6.88. The number of phenolic OH excluding ortho intramolecular Hbond substituents is 1. The van der Waals surface area contributed by atoms with Crippen LogP contribution in [0.3, 0.4) is 0 Å². The average Bonchev–Trinajstić information content (AvgIpc) is 3.29. The molecule has 14 heteroatoms. The maximum absolute atomic E-state index is 13.7. The van der Waals surface area contributed by atoms with Crippen molar-refractivity contribution in [3.63, 3.8) is 0 Å². The van der Waals surface area contributed by atoms with Gasteiger partial charge in [0.2, 0.25) is 5.79 Å². The Morgan fingerprint density at radius 2 is 1.93 bits per heavy atom. The van der Waals surface area contributed by atoms with E-state index in [1.807, 2.05) is 27.1 Å². The maximum atomic E-state index is 13.7. The van der Waals surface area contributed by atoms with Crippen LogP contribution in [0.25, 0.3) is 0 Å². The second-order valence-electron chi connectivity index (χ2n) is 11.2. The topological polar surface area (TPSA) is 136 Å². The Morgan fingerprint density at radius 3 is 2.55 bits per heavy atom. The van der Waals surface area contributed by atoms with Gasteiger partial charge in [-0.3, -0.25) is 9.42 Å². The SMILES string of the molecule is CNC(=O)Oc1ccc2c(c1)C1(C)C(CC(C)(OC(=O)c3ccccc3O)OP(=O)(OF)OC(C)C)CN(C)C1N2C. The fraction of sp³-hybridized carbons (Fsp3) is 0.500. The van der Waals surface area contributed by atoms with Crippen LogP contribution < -0.4 is 15.0 Å². The number of carbonyl (C=O) groups is 2. The number of rotatable bonds is 10. The van der Waals surface area contributed by atoms with Crippen LogP contribution in [0.4, 0.5) is 15.0 Å². The lowest BCUT2D eigenvalue weighted by Crippen LogP contribution is -2.47. The summed E-state index contributed by atoms with van der Waals surface area (Å²) in [4.78, 5) is 29.4. The lowest BCUT2D eigenvalue weighted by atomic mass is 9.71. The summed E-state index contributed by atoms with van der Waals surface area (Å²) in [6, 6.07) is 11.1. The number of likely N-dealkylation sites (tertiary alicyclic amines) is 1. The van der Waals surface area contributed by atoms with Crippen LogP contribution in [0, 0.1) is 5.92 Å². The number of phosphoric acid groups is 1. The summed E-state index contributed by atoms with van der Waals surface area (Å²) in [6.07, 6.45) is -1.61. The van der Waals surface area contributed by atoms with E-state index >= 15 is 0 Å². The van der Waals surface area contributed by atoms with E-state index in [9.17, 15) is 23.8 Å². The van der Waals surface area contributed by atoms with E-state index in [4.69, 9.17) is 18.5 Å². The monoisotopic (exact) mass is 609 g/mol. The van der Waals surface area contributed by atoms with E-state index < -0.39 is 37.2 Å². The number of nitrogens with one attached hydrogen (secondary N) is 1. The molecule has 0 aromatic heterocycles. The second kappa shape index (κ2) is 11.8. The van der Waals surface area contributed by atoms with Crippen molar-refractivity contribution in [2.75, 3.05) is 32.6 Å². The Hall–Kier alpha value is -3.22. The first-order valence-corrected chi connectivity index (χ1v) is 14.9. The fourth-order valence-corrected chi connectivity index (χ4v) is 7.44. The Balaban J connectivity index is 1.75. The molecule has 2 aromatic carbocycles. The van der Waals surface area contributed by atoms with E-state index in [2.05, 4.69) is 19.8 Å². The van der Waals surface area contributed by atoms with Crippen molar-refractivity contribution in [2.45, 2.75) is 57.6 Å². The van der Waals surface area contributed by atoms with Gasteiger partial charge >= 0.3 is 19.9 Å². The minimum absolute atomic E-state index is 0.0771. The molecule has 5 atom stereocenters. The Morgan fingerprint density at radius 1 is 1.24 bits per heavy atom. The molecule has 12 nitrogen and oxygen atoms in total. The minimum atomic E-state index is -4.86. The van der Waals surface area contributed by atoms with E-state index in [0.717, 1.165) is 11.3 Å². The van der Waals surface area contributed by atoms with Crippen LogP contribution in [0.2, 0.25) is 0 Å². The molecule has 42 heavy (non-hydrogen) atoms. The van der Waals surface area contributed by atoms with E-state index in [1.54, 1.807) is 12.1 Å². The molecule has 2 aliphatic rings. The predicted octanol–water partition coefficient (Wildman–Crippen LogP) is 5.12. The number of likely N-dealkylation sites (N-methyl/N-ethyl adjacent to an activating group) is 2. The van der Waals surface area contributed by atoms with E-state index in [1.165, 1.54) is 52.1 Å². The van der Waals surface area contributed by atoms with Crippen molar-refractivity contribution in [1.29, 1.82) is 0 Å². The number of hydrogen-bond acceptors (Lipinski definition) is 11. The van der Waals surface area contributed by atoms with Crippen LogP contribution in [0.1, 0.15) is 50.0 Å². The first-order chi connectivity index (χ1) is 19.7. The molecule has 5 unspecified atom stereocenters. The third kappa shape index (κ3) is 5.97. The predicted molar refractivity (Wildman–Crippen MR) is 151 cm³/mol. The third-order valence-electron chi connectivity index (χ3n) is 7.80. The number of amides is 1. The molecule has 2 aliphatic heterocycles. The van der Waals surface area contributed by atoms with Crippen LogP contribution in [0.15, 0.2) is 42.5 Å². The standard InChI is InChI=1S/C28H37FN3O9P/c1-17(2)39-42(36,41-29)40-27(3,38-24(34)20-10-8-9-11-23(20)33)15-18-16-31(6)25-28(18,4)21-14-19(37-26(35)30-5)12-13-22(21)32(25)7/h8-14,17-18,25,33H,15-16H2,1-7H3,(H,30,35). The molecule has 0 saturated carbocycles. The largest absolute Gasteiger partial charge is 0.509 e. The van der Waals surface area contributed by atoms with E-state index in [0.29, 0.717) is 12.3 Å². The quantitative estimate of drug-likeness (QED) is 0.211. The minimum Gasteiger partial charge on any atom is -0.507 e. The van der Waals surface area contributed by atoms with Crippen molar-refractivity contribution in [3.8, 4) is 11.5 Å². The number of para-hydroxylation sites is 1. The number of nitrogens with zero attached hydrogens (tertiary/aromatic N) is 2. The fourth-order valence-electron chi connectivity index (χ4n) is 6.24. The summed E-state index contributed by atoms with van der Waals surface area (Å²) >= 11 is 0. The van der Waals surface area contributed by atoms with Gasteiger partial charge in [0.15, 0.2) is 0 Å². The number of fused-ring (bicyclic) bond motifs is 3. The highest BCUT2D eigenvalue weighted by Crippen LogP contribution is 2.59. The first kappa shape index (κ1) is 31.7. The number of phosphoric ester groups is 1. The number of ether oxygens (including phenoxy) is 2. The highest BCUT2D eigenvalue weighted by Gasteiger charge is 2.60. The van der Waals surface area contributed by atoms with Gasteiger partial charge in [-0.25, -0.2) is 18.7 Å². The number of phenols is 1. The lowest BCUT2D eigenvalue weighted by molar-refractivity contribution is -0.178. The van der Waals surface area contributed by atoms with Gasteiger partial charge in [0.25, 0.3) is 0 Å². The highest BCUT2D eigenvalue weighted by atomic mass is 31.2. The Labute approximate surface area is 244 Å². The number of benzene rings is 2. The van der Waals surface area contributed by atoms with Gasteiger partial charge < -0.3 is 24.8 Å². The number of aromatic hydroxyl groups is 1. The number of halogens is 1. The van der Waals surface area contributed by atoms with Crippen molar-refractivity contribution >= 4 is 25.6 Å². The summed E-state index contributed by atoms with van der Waals surface area (Å²) in [5.74, 6) is -3.38. The molecule has 4 rings (SSSR count). The summed E-state index contributed by atoms with van der Waals surface area (Å²) in [5.41, 5.74) is 0.941. The van der Waals surface area contributed by atoms with Crippen molar-refractivity contribution in [2.24, 2.45) is 5.92 Å². The van der Waals surface area contributed by atoms with Crippen LogP contribution >= 0.6 is 7.82 Å². The van der Waals surface area contributed by atoms with Gasteiger partial charge in [0.05, 0.1) is 12.3 Å². The molecule has 2 N–H and O–H groups in total. The number of hydrogen-bond donors (Lipinski definition) is 2. The Bertz CT molecular complexity index is 1390. The molecule has 1 fully saturated rings. The molecular formula is C28H37FN3O9P. The molecular weight excluding hydrogens is 572 g/mol. The van der Waals surface area contributed by atoms with Crippen LogP contribution in [-0.2, 0) is 28.5 Å². The average molecular weight is 610 g/mol. The maximum Gasteiger partial charge on any atom is 0.509 e. The smallest absolute Gasteiger partial charge is 0.507 e. The van der Waals surface area contributed by atoms with E-state index in [-0.39, 0.29) is 29.8 Å². The number of anilines is 1. The van der Waals surface area contributed by atoms with Crippen LogP contribution in [-0.4, -0.2) is 67.8 Å². The molecule has 1 saturated heterocycles. The van der Waals surface area contributed by atoms with Gasteiger partial charge in [0.1, 0.15) is 17.1 Å². The molecule has 0 bridgehead atoms. The number of carbonyl (C=O) groups excluding carboxylic acids is 2. The molecule has 0 aliphatic carbocycles. The zero-order valence-corrected chi connectivity index (χ0v) is 25.5. The molecule has 0 spiro atoms. The molecule has 230 valence electrons. The van der Waals surface area contributed by atoms with Gasteiger partial charge in [-0.15, -0.1) is 0 Å². The summed E-state index contributed by atoms with van der Waals surface area (Å²) in [7, 11) is 0.490. The second-order valence-corrected chi connectivity index (χ2v) is 12.7. The van der Waals surface area contributed by atoms with Gasteiger partial charge in [-0.05, 0) is 67.2 Å². The molecule has 2 heterocycles. The summed E-state index contributed by atoms with van der Waals surface area (Å²) in [5, 5.41) is 12.7. The van der Waals surface area contributed by atoms with Gasteiger partial charge in [-0.2, -0.15) is 0 Å². The van der Waals surface area contributed by atoms with Crippen molar-refractivity contribution in [1.82, 2.24) is 10.2 Å². The van der Waals surface area contributed by atoms with Gasteiger partial charge in [-0.1, -0.05) is 23.8 Å². The first-order valence-electron chi connectivity index (χ1n) is 13.4.